The van der Waals surface area contributed by atoms with Crippen LogP contribution >= 0.6 is 0 Å². The van der Waals surface area contributed by atoms with E-state index in [2.05, 4.69) is 110 Å². The van der Waals surface area contributed by atoms with E-state index in [4.69, 9.17) is 9.47 Å². The Hall–Kier alpha value is -3.92. The molecule has 2 aliphatic rings. The van der Waals surface area contributed by atoms with Crippen molar-refractivity contribution >= 4 is 11.4 Å². The van der Waals surface area contributed by atoms with Gasteiger partial charge < -0.3 is 19.3 Å². The van der Waals surface area contributed by atoms with Gasteiger partial charge in [0.05, 0.1) is 0 Å². The molecule has 4 nitrogen and oxygen atoms in total. The third kappa shape index (κ3) is 4.76. The van der Waals surface area contributed by atoms with Crippen molar-refractivity contribution in [2.24, 2.45) is 0 Å². The number of benzene rings is 4. The van der Waals surface area contributed by atoms with Gasteiger partial charge in [0.2, 0.25) is 0 Å². The van der Waals surface area contributed by atoms with Crippen LogP contribution in [0.4, 0.5) is 11.4 Å². The second-order valence-corrected chi connectivity index (χ2v) is 10.6. The molecule has 37 heavy (non-hydrogen) atoms. The molecule has 0 radical (unpaired) electrons. The van der Waals surface area contributed by atoms with Crippen LogP contribution in [0.3, 0.4) is 0 Å². The summed E-state index contributed by atoms with van der Waals surface area (Å²) < 4.78 is 12.2. The lowest BCUT2D eigenvalue weighted by molar-refractivity contribution is 0.287. The van der Waals surface area contributed by atoms with Gasteiger partial charge in [0.15, 0.2) is 13.5 Å². The molecule has 0 saturated carbocycles. The number of fused-ring (bicyclic) bond motifs is 2. The lowest BCUT2D eigenvalue weighted by atomic mass is 10.0. The molecule has 2 aliphatic heterocycles. The molecule has 0 saturated heterocycles. The monoisotopic (exact) mass is 490 g/mol. The molecule has 0 N–H and O–H groups in total. The van der Waals surface area contributed by atoms with Crippen LogP contribution in [0.15, 0.2) is 72.8 Å². The first-order valence-electron chi connectivity index (χ1n) is 13.1. The van der Waals surface area contributed by atoms with E-state index in [-0.39, 0.29) is 0 Å². The van der Waals surface area contributed by atoms with Gasteiger partial charge in [-0.15, -0.1) is 0 Å². The molecule has 0 fully saturated rings. The van der Waals surface area contributed by atoms with Crippen LogP contribution in [0.25, 0.3) is 0 Å². The van der Waals surface area contributed by atoms with E-state index in [1.807, 2.05) is 0 Å². The van der Waals surface area contributed by atoms with Crippen molar-refractivity contribution in [1.29, 1.82) is 0 Å². The number of ether oxygens (including phenoxy) is 2. The molecule has 0 spiro atoms. The lowest BCUT2D eigenvalue weighted by Gasteiger charge is -2.32. The van der Waals surface area contributed by atoms with E-state index in [0.29, 0.717) is 13.5 Å². The lowest BCUT2D eigenvalue weighted by Crippen LogP contribution is -2.32. The molecule has 4 aromatic rings. The molecule has 0 aromatic heterocycles. The van der Waals surface area contributed by atoms with Gasteiger partial charge in [-0.25, -0.2) is 0 Å². The van der Waals surface area contributed by atoms with Gasteiger partial charge in [-0.2, -0.15) is 0 Å². The van der Waals surface area contributed by atoms with E-state index < -0.39 is 0 Å². The maximum atomic E-state index is 6.11. The predicted octanol–water partition coefficient (Wildman–Crippen LogP) is 7.22. The highest BCUT2D eigenvalue weighted by Crippen LogP contribution is 2.34. The van der Waals surface area contributed by atoms with Crippen molar-refractivity contribution in [1.82, 2.24) is 0 Å². The number of hydrogen-bond acceptors (Lipinski definition) is 4. The number of rotatable bonds is 4. The van der Waals surface area contributed by atoms with Crippen molar-refractivity contribution in [2.75, 3.05) is 23.3 Å². The van der Waals surface area contributed by atoms with Crippen LogP contribution in [0.1, 0.15) is 44.5 Å². The molecule has 2 heterocycles. The fourth-order valence-electron chi connectivity index (χ4n) is 5.74. The summed E-state index contributed by atoms with van der Waals surface area (Å²) in [6, 6.07) is 26.7. The normalized spacial score (nSPS) is 14.5. The second kappa shape index (κ2) is 9.51. The SMILES string of the molecule is Cc1cc(C)c2c(c1)CN(c1ccc(Cc3ccc(N4COc5c(C)cc(C)cc5C4)cc3)cc1)CO2. The highest BCUT2D eigenvalue weighted by atomic mass is 16.5. The van der Waals surface area contributed by atoms with E-state index in [1.54, 1.807) is 0 Å². The highest BCUT2D eigenvalue weighted by molar-refractivity contribution is 5.55. The van der Waals surface area contributed by atoms with Crippen molar-refractivity contribution in [3.05, 3.63) is 117 Å². The minimum Gasteiger partial charge on any atom is -0.472 e. The smallest absolute Gasteiger partial charge is 0.161 e. The summed E-state index contributed by atoms with van der Waals surface area (Å²) in [4.78, 5) is 4.59. The van der Waals surface area contributed by atoms with Crippen LogP contribution in [0.2, 0.25) is 0 Å². The van der Waals surface area contributed by atoms with Crippen molar-refractivity contribution in [3.8, 4) is 11.5 Å². The van der Waals surface area contributed by atoms with Gasteiger partial charge in [0.25, 0.3) is 0 Å². The number of hydrogen-bond donors (Lipinski definition) is 0. The van der Waals surface area contributed by atoms with Crippen LogP contribution in [0, 0.1) is 27.7 Å². The standard InChI is InChI=1S/C33H34N2O2/c1-22-13-24(3)32-28(15-22)18-34(20-36-32)30-9-5-26(6-10-30)17-27-7-11-31(12-8-27)35-19-29-16-23(2)14-25(4)33(29)37-21-35/h5-16H,17-21H2,1-4H3. The van der Waals surface area contributed by atoms with Gasteiger partial charge in [-0.3, -0.25) is 0 Å². The van der Waals surface area contributed by atoms with Gasteiger partial charge in [0.1, 0.15) is 11.5 Å². The molecule has 0 bridgehead atoms. The summed E-state index contributed by atoms with van der Waals surface area (Å²) in [5.41, 5.74) is 12.5. The topological polar surface area (TPSA) is 24.9 Å². The maximum absolute atomic E-state index is 6.11. The van der Waals surface area contributed by atoms with Crippen molar-refractivity contribution < 1.29 is 9.47 Å². The Morgan fingerprint density at radius 3 is 1.38 bits per heavy atom. The van der Waals surface area contributed by atoms with Crippen LogP contribution < -0.4 is 19.3 Å². The molecule has 188 valence electrons. The summed E-state index contributed by atoms with van der Waals surface area (Å²) in [6.07, 6.45) is 0.913. The quantitative estimate of drug-likeness (QED) is 0.301. The Morgan fingerprint density at radius 1 is 0.568 bits per heavy atom. The summed E-state index contributed by atoms with van der Waals surface area (Å²) >= 11 is 0. The number of nitrogens with zero attached hydrogens (tertiary/aromatic N) is 2. The molecule has 4 heteroatoms. The van der Waals surface area contributed by atoms with E-state index in [1.165, 1.54) is 55.9 Å². The maximum Gasteiger partial charge on any atom is 0.161 e. The van der Waals surface area contributed by atoms with Gasteiger partial charge in [-0.05, 0) is 80.6 Å². The first kappa shape index (κ1) is 23.5. The van der Waals surface area contributed by atoms with E-state index >= 15 is 0 Å². The molecule has 0 unspecified atom stereocenters. The Labute approximate surface area is 220 Å². The summed E-state index contributed by atoms with van der Waals surface area (Å²) in [6.45, 7) is 11.5. The van der Waals surface area contributed by atoms with E-state index in [9.17, 15) is 0 Å². The number of aryl methyl sites for hydroxylation is 4. The third-order valence-electron chi connectivity index (χ3n) is 7.45. The van der Waals surface area contributed by atoms with Crippen molar-refractivity contribution in [3.63, 3.8) is 0 Å². The van der Waals surface area contributed by atoms with E-state index in [0.717, 1.165) is 31.0 Å². The zero-order chi connectivity index (χ0) is 25.5. The molecular formula is C33H34N2O2. The average Bonchev–Trinajstić information content (AvgIpc) is 2.89. The summed E-state index contributed by atoms with van der Waals surface area (Å²) in [7, 11) is 0. The Balaban J connectivity index is 1.11. The van der Waals surface area contributed by atoms with Crippen molar-refractivity contribution in [2.45, 2.75) is 47.2 Å². The first-order chi connectivity index (χ1) is 17.9. The van der Waals surface area contributed by atoms with Gasteiger partial charge in [-0.1, -0.05) is 59.7 Å². The van der Waals surface area contributed by atoms with Crippen LogP contribution in [-0.4, -0.2) is 13.5 Å². The van der Waals surface area contributed by atoms with Crippen LogP contribution in [-0.2, 0) is 19.5 Å². The molecule has 0 aliphatic carbocycles. The largest absolute Gasteiger partial charge is 0.472 e. The summed E-state index contributed by atoms with van der Waals surface area (Å²) in [5.74, 6) is 2.10. The van der Waals surface area contributed by atoms with Crippen LogP contribution in [0.5, 0.6) is 11.5 Å². The molecule has 6 rings (SSSR count). The average molecular weight is 491 g/mol. The van der Waals surface area contributed by atoms with Gasteiger partial charge in [0, 0.05) is 35.6 Å². The minimum absolute atomic E-state index is 0.585. The number of anilines is 2. The molecule has 0 atom stereocenters. The fourth-order valence-corrected chi connectivity index (χ4v) is 5.74. The summed E-state index contributed by atoms with van der Waals surface area (Å²) in [5, 5.41) is 0. The Bertz CT molecular complexity index is 1330. The predicted molar refractivity (Wildman–Crippen MR) is 151 cm³/mol. The molecule has 4 aromatic carbocycles. The molecule has 0 amide bonds. The minimum atomic E-state index is 0.585. The second-order valence-electron chi connectivity index (χ2n) is 10.6. The fraction of sp³-hybridized carbons (Fsp3) is 0.273. The first-order valence-corrected chi connectivity index (χ1v) is 13.1. The Morgan fingerprint density at radius 2 is 0.973 bits per heavy atom. The molecular weight excluding hydrogens is 456 g/mol. The zero-order valence-corrected chi connectivity index (χ0v) is 22.2. The Kier molecular flexibility index (Phi) is 6.03. The highest BCUT2D eigenvalue weighted by Gasteiger charge is 2.21. The van der Waals surface area contributed by atoms with Gasteiger partial charge >= 0.3 is 0 Å². The third-order valence-corrected chi connectivity index (χ3v) is 7.45. The zero-order valence-electron chi connectivity index (χ0n) is 22.2.